The lowest BCUT2D eigenvalue weighted by Crippen LogP contribution is -2.15. The number of nitrogens with two attached hydrogens (primary N) is 1. The van der Waals surface area contributed by atoms with Crippen molar-refractivity contribution < 1.29 is 18.3 Å². The molecule has 0 saturated heterocycles. The number of sulfonamides is 1. The summed E-state index contributed by atoms with van der Waals surface area (Å²) in [6.07, 6.45) is 0. The fourth-order valence-corrected chi connectivity index (χ4v) is 2.60. The van der Waals surface area contributed by atoms with Crippen LogP contribution in [0.1, 0.15) is 28.9 Å². The molecule has 0 aliphatic rings. The lowest BCUT2D eigenvalue weighted by Gasteiger charge is -2.17. The van der Waals surface area contributed by atoms with Crippen LogP contribution in [0.3, 0.4) is 0 Å². The normalized spacial score (nSPS) is 12.6. The molecule has 2 aromatic rings. The quantitative estimate of drug-likeness (QED) is 0.782. The van der Waals surface area contributed by atoms with E-state index in [1.54, 1.807) is 0 Å². The number of benzene rings is 2. The summed E-state index contributed by atoms with van der Waals surface area (Å²) < 4.78 is 22.7. The summed E-state index contributed by atoms with van der Waals surface area (Å²) in [4.78, 5) is 11.1. The van der Waals surface area contributed by atoms with Crippen molar-refractivity contribution in [1.82, 2.24) is 0 Å². The molecule has 0 radical (unpaired) electrons. The zero-order chi connectivity index (χ0) is 16.3. The summed E-state index contributed by atoms with van der Waals surface area (Å²) in [5, 5.41) is 17.4. The van der Waals surface area contributed by atoms with Gasteiger partial charge in [0.1, 0.15) is 0 Å². The van der Waals surface area contributed by atoms with E-state index in [2.05, 4.69) is 5.32 Å². The molecule has 0 bridgehead atoms. The van der Waals surface area contributed by atoms with Crippen LogP contribution in [0.15, 0.2) is 53.4 Å². The van der Waals surface area contributed by atoms with Crippen molar-refractivity contribution in [1.29, 1.82) is 0 Å². The first kappa shape index (κ1) is 16.0. The van der Waals surface area contributed by atoms with Crippen LogP contribution < -0.4 is 10.5 Å². The number of anilines is 1. The summed E-state index contributed by atoms with van der Waals surface area (Å²) in [6, 6.07) is 13.1. The van der Waals surface area contributed by atoms with Crippen LogP contribution >= 0.6 is 0 Å². The van der Waals surface area contributed by atoms with E-state index in [9.17, 15) is 18.3 Å². The first-order valence-corrected chi connectivity index (χ1v) is 8.05. The Bertz CT molecular complexity index is 788. The molecule has 7 heteroatoms. The second-order valence-corrected chi connectivity index (χ2v) is 6.40. The predicted molar refractivity (Wildman–Crippen MR) is 83.3 cm³/mol. The molecule has 1 atom stereocenters. The number of carboxylic acid groups (broad SMARTS) is 1. The molecule has 22 heavy (non-hydrogen) atoms. The molecular weight excluding hydrogens is 304 g/mol. The summed E-state index contributed by atoms with van der Waals surface area (Å²) in [7, 11) is -3.95. The highest BCUT2D eigenvalue weighted by Gasteiger charge is 2.17. The average Bonchev–Trinajstić information content (AvgIpc) is 2.47. The maximum Gasteiger partial charge on any atom is 0.337 e. The number of rotatable bonds is 5. The van der Waals surface area contributed by atoms with E-state index in [0.29, 0.717) is 5.69 Å². The highest BCUT2D eigenvalue weighted by atomic mass is 32.2. The lowest BCUT2D eigenvalue weighted by atomic mass is 10.1. The molecule has 6 nitrogen and oxygen atoms in total. The number of primary sulfonamides is 1. The van der Waals surface area contributed by atoms with Crippen molar-refractivity contribution in [2.75, 3.05) is 5.32 Å². The molecule has 2 aromatic carbocycles. The topological polar surface area (TPSA) is 109 Å². The van der Waals surface area contributed by atoms with Gasteiger partial charge in [-0.25, -0.2) is 18.4 Å². The van der Waals surface area contributed by atoms with E-state index < -0.39 is 16.0 Å². The number of hydrogen-bond acceptors (Lipinski definition) is 4. The molecule has 2 rings (SSSR count). The molecule has 0 amide bonds. The minimum atomic E-state index is -3.95. The minimum absolute atomic E-state index is 0.139. The monoisotopic (exact) mass is 320 g/mol. The molecule has 1 unspecified atom stereocenters. The highest BCUT2D eigenvalue weighted by molar-refractivity contribution is 7.89. The van der Waals surface area contributed by atoms with Crippen molar-refractivity contribution in [2.45, 2.75) is 17.9 Å². The number of nitrogens with one attached hydrogen (secondary N) is 1. The Balaban J connectivity index is 2.37. The Labute approximate surface area is 128 Å². The van der Waals surface area contributed by atoms with Gasteiger partial charge in [0.05, 0.1) is 10.5 Å². The predicted octanol–water partition coefficient (Wildman–Crippen LogP) is 2.21. The standard InChI is InChI=1S/C15H16N2O4S/c1-10(11-5-3-2-4-6-11)17-14-8-7-12(22(16,20)21)9-13(14)15(18)19/h2-10,17H,1H3,(H,18,19)(H2,16,20,21). The Morgan fingerprint density at radius 2 is 1.82 bits per heavy atom. The van der Waals surface area contributed by atoms with Crippen LogP contribution in [0.2, 0.25) is 0 Å². The van der Waals surface area contributed by atoms with E-state index in [0.717, 1.165) is 11.6 Å². The molecule has 0 spiro atoms. The van der Waals surface area contributed by atoms with Gasteiger partial charge in [-0.3, -0.25) is 0 Å². The zero-order valence-corrected chi connectivity index (χ0v) is 12.7. The Hall–Kier alpha value is -2.38. The van der Waals surface area contributed by atoms with Gasteiger partial charge in [-0.15, -0.1) is 0 Å². The van der Waals surface area contributed by atoms with Gasteiger partial charge in [0.15, 0.2) is 0 Å². The van der Waals surface area contributed by atoms with E-state index in [-0.39, 0.29) is 16.5 Å². The van der Waals surface area contributed by atoms with Crippen molar-refractivity contribution in [3.05, 3.63) is 59.7 Å². The van der Waals surface area contributed by atoms with Gasteiger partial charge in [-0.05, 0) is 30.7 Å². The summed E-state index contributed by atoms with van der Waals surface area (Å²) in [5.74, 6) is -1.23. The van der Waals surface area contributed by atoms with Gasteiger partial charge < -0.3 is 10.4 Å². The third kappa shape index (κ3) is 3.63. The Morgan fingerprint density at radius 3 is 2.36 bits per heavy atom. The van der Waals surface area contributed by atoms with Gasteiger partial charge in [0, 0.05) is 11.7 Å². The van der Waals surface area contributed by atoms with Gasteiger partial charge in [-0.2, -0.15) is 0 Å². The fourth-order valence-electron chi connectivity index (χ4n) is 2.06. The SMILES string of the molecule is CC(Nc1ccc(S(N)(=O)=O)cc1C(=O)O)c1ccccc1. The molecule has 0 fully saturated rings. The molecule has 0 aromatic heterocycles. The molecule has 0 saturated carbocycles. The highest BCUT2D eigenvalue weighted by Crippen LogP contribution is 2.24. The lowest BCUT2D eigenvalue weighted by molar-refractivity contribution is 0.0697. The molecule has 0 aliphatic heterocycles. The van der Waals surface area contributed by atoms with E-state index >= 15 is 0 Å². The Morgan fingerprint density at radius 1 is 1.18 bits per heavy atom. The third-order valence-electron chi connectivity index (χ3n) is 3.22. The number of aromatic carboxylic acids is 1. The maximum absolute atomic E-state index is 11.3. The van der Waals surface area contributed by atoms with Crippen LogP contribution in [0.4, 0.5) is 5.69 Å². The van der Waals surface area contributed by atoms with Crippen molar-refractivity contribution in [3.63, 3.8) is 0 Å². The van der Waals surface area contributed by atoms with Crippen LogP contribution in [0, 0.1) is 0 Å². The van der Waals surface area contributed by atoms with E-state index in [1.165, 1.54) is 12.1 Å². The van der Waals surface area contributed by atoms with Crippen LogP contribution in [0.25, 0.3) is 0 Å². The molecule has 116 valence electrons. The zero-order valence-electron chi connectivity index (χ0n) is 11.9. The Kier molecular flexibility index (Phi) is 4.48. The summed E-state index contributed by atoms with van der Waals surface area (Å²) >= 11 is 0. The number of hydrogen-bond donors (Lipinski definition) is 3. The summed E-state index contributed by atoms with van der Waals surface area (Å²) in [6.45, 7) is 1.88. The molecule has 4 N–H and O–H groups in total. The van der Waals surface area contributed by atoms with Gasteiger partial charge in [0.25, 0.3) is 0 Å². The van der Waals surface area contributed by atoms with Crippen LogP contribution in [-0.2, 0) is 10.0 Å². The van der Waals surface area contributed by atoms with Gasteiger partial charge in [-0.1, -0.05) is 30.3 Å². The van der Waals surface area contributed by atoms with E-state index in [4.69, 9.17) is 5.14 Å². The largest absolute Gasteiger partial charge is 0.478 e. The van der Waals surface area contributed by atoms with Crippen LogP contribution in [0.5, 0.6) is 0 Å². The average molecular weight is 320 g/mol. The van der Waals surface area contributed by atoms with Crippen LogP contribution in [-0.4, -0.2) is 19.5 Å². The van der Waals surface area contributed by atoms with Gasteiger partial charge in [0.2, 0.25) is 10.0 Å². The van der Waals surface area contributed by atoms with Crippen molar-refractivity contribution in [2.24, 2.45) is 5.14 Å². The van der Waals surface area contributed by atoms with E-state index in [1.807, 2.05) is 37.3 Å². The molecule has 0 aliphatic carbocycles. The summed E-state index contributed by atoms with van der Waals surface area (Å²) in [5.41, 5.74) is 1.17. The van der Waals surface area contributed by atoms with Crippen molar-refractivity contribution in [3.8, 4) is 0 Å². The first-order valence-electron chi connectivity index (χ1n) is 6.50. The number of carbonyl (C=O) groups is 1. The minimum Gasteiger partial charge on any atom is -0.478 e. The molecular formula is C15H16N2O4S. The second kappa shape index (κ2) is 6.17. The second-order valence-electron chi connectivity index (χ2n) is 4.83. The fraction of sp³-hybridized carbons (Fsp3) is 0.133. The maximum atomic E-state index is 11.3. The first-order chi connectivity index (χ1) is 10.3. The molecule has 0 heterocycles. The smallest absolute Gasteiger partial charge is 0.337 e. The van der Waals surface area contributed by atoms with Gasteiger partial charge >= 0.3 is 5.97 Å². The third-order valence-corrected chi connectivity index (χ3v) is 4.13. The number of carboxylic acids is 1. The van der Waals surface area contributed by atoms with Crippen molar-refractivity contribution >= 4 is 21.7 Å².